The van der Waals surface area contributed by atoms with Crippen LogP contribution in [0.1, 0.15) is 26.7 Å². The van der Waals surface area contributed by atoms with Crippen molar-refractivity contribution >= 4 is 21.8 Å². The topological polar surface area (TPSA) is 23.6 Å². The van der Waals surface area contributed by atoms with E-state index < -0.39 is 0 Å². The summed E-state index contributed by atoms with van der Waals surface area (Å²) in [5, 5.41) is 0. The lowest BCUT2D eigenvalue weighted by Gasteiger charge is -2.32. The van der Waals surface area contributed by atoms with Crippen LogP contribution in [0.25, 0.3) is 0 Å². The highest BCUT2D eigenvalue weighted by molar-refractivity contribution is 9.10. The van der Waals surface area contributed by atoms with Gasteiger partial charge in [-0.2, -0.15) is 0 Å². The Morgan fingerprint density at radius 2 is 1.94 bits per heavy atom. The number of carbonyl (C=O) groups is 1. The molecule has 0 aromatic rings. The van der Waals surface area contributed by atoms with E-state index in [9.17, 15) is 4.79 Å². The van der Waals surface area contributed by atoms with E-state index in [1.165, 1.54) is 12.8 Å². The predicted octanol–water partition coefficient (Wildman–Crippen LogP) is 2.21. The zero-order valence-corrected chi connectivity index (χ0v) is 13.0. The minimum Gasteiger partial charge on any atom is -0.345 e. The summed E-state index contributed by atoms with van der Waals surface area (Å²) in [4.78, 5) is 16.3. The van der Waals surface area contributed by atoms with Crippen molar-refractivity contribution in [2.45, 2.75) is 31.5 Å². The van der Waals surface area contributed by atoms with Crippen molar-refractivity contribution < 1.29 is 4.79 Å². The molecule has 0 N–H and O–H groups in total. The molecule has 1 atom stereocenters. The Morgan fingerprint density at radius 3 is 2.41 bits per heavy atom. The highest BCUT2D eigenvalue weighted by Gasteiger charge is 2.25. The molecule has 1 fully saturated rings. The van der Waals surface area contributed by atoms with Crippen LogP contribution in [-0.4, -0.2) is 54.3 Å². The molecule has 3 nitrogen and oxygen atoms in total. The van der Waals surface area contributed by atoms with Crippen molar-refractivity contribution in [2.75, 3.05) is 33.7 Å². The molecule has 4 heteroatoms. The molecule has 0 aromatic heterocycles. The molecule has 1 saturated heterocycles. The molecule has 0 spiro atoms. The van der Waals surface area contributed by atoms with E-state index >= 15 is 0 Å². The number of rotatable bonds is 4. The van der Waals surface area contributed by atoms with Gasteiger partial charge < -0.3 is 9.80 Å². The van der Waals surface area contributed by atoms with Crippen LogP contribution in [0.3, 0.4) is 0 Å². The van der Waals surface area contributed by atoms with Crippen LogP contribution in [0, 0.1) is 11.8 Å². The molecule has 0 aliphatic carbocycles. The number of carbonyl (C=O) groups excluding carboxylic acids is 1. The number of piperidine rings is 1. The van der Waals surface area contributed by atoms with Crippen molar-refractivity contribution in [3.05, 3.63) is 0 Å². The lowest BCUT2D eigenvalue weighted by atomic mass is 9.96. The van der Waals surface area contributed by atoms with Gasteiger partial charge in [0.2, 0.25) is 5.91 Å². The van der Waals surface area contributed by atoms with E-state index in [0.29, 0.717) is 11.8 Å². The highest BCUT2D eigenvalue weighted by Crippen LogP contribution is 2.19. The Kier molecular flexibility index (Phi) is 5.93. The smallest absolute Gasteiger partial charge is 0.236 e. The van der Waals surface area contributed by atoms with Gasteiger partial charge in [-0.25, -0.2) is 0 Å². The summed E-state index contributed by atoms with van der Waals surface area (Å²) in [5.74, 6) is 1.24. The lowest BCUT2D eigenvalue weighted by Crippen LogP contribution is -2.41. The van der Waals surface area contributed by atoms with Crippen molar-refractivity contribution in [2.24, 2.45) is 11.8 Å². The third-order valence-electron chi connectivity index (χ3n) is 3.57. The van der Waals surface area contributed by atoms with Crippen LogP contribution in [0.15, 0.2) is 0 Å². The van der Waals surface area contributed by atoms with Gasteiger partial charge >= 0.3 is 0 Å². The van der Waals surface area contributed by atoms with Crippen molar-refractivity contribution in [3.63, 3.8) is 0 Å². The fraction of sp³-hybridized carbons (Fsp3) is 0.923. The van der Waals surface area contributed by atoms with Crippen LogP contribution in [-0.2, 0) is 4.79 Å². The number of halogens is 1. The number of likely N-dealkylation sites (tertiary alicyclic amines) is 1. The summed E-state index contributed by atoms with van der Waals surface area (Å²) in [5.41, 5.74) is 0. The van der Waals surface area contributed by atoms with Gasteiger partial charge in [-0.1, -0.05) is 29.8 Å². The average molecular weight is 305 g/mol. The second-order valence-corrected chi connectivity index (χ2v) is 6.60. The molecule has 1 aliphatic rings. The summed E-state index contributed by atoms with van der Waals surface area (Å²) in [6.07, 6.45) is 2.42. The summed E-state index contributed by atoms with van der Waals surface area (Å²) in [7, 11) is 4.09. The maximum absolute atomic E-state index is 12.1. The Bertz CT molecular complexity index is 250. The molecule has 1 aliphatic heterocycles. The van der Waals surface area contributed by atoms with Crippen LogP contribution in [0.2, 0.25) is 0 Å². The number of hydrogen-bond donors (Lipinski definition) is 0. The molecule has 17 heavy (non-hydrogen) atoms. The SMILES string of the molecule is CC(C)C(Br)C(=O)N(C)CC1CCN(C)CC1. The Hall–Kier alpha value is -0.0900. The monoisotopic (exact) mass is 304 g/mol. The Balaban J connectivity index is 2.38. The lowest BCUT2D eigenvalue weighted by molar-refractivity contribution is -0.130. The second kappa shape index (κ2) is 6.74. The first kappa shape index (κ1) is 15.0. The minimum atomic E-state index is -0.0428. The normalized spacial score (nSPS) is 20.6. The Labute approximate surface area is 114 Å². The first-order chi connectivity index (χ1) is 7.91. The average Bonchev–Trinajstić information content (AvgIpc) is 2.30. The number of hydrogen-bond acceptors (Lipinski definition) is 2. The predicted molar refractivity (Wildman–Crippen MR) is 75.4 cm³/mol. The maximum atomic E-state index is 12.1. The van der Waals surface area contributed by atoms with E-state index in [0.717, 1.165) is 19.6 Å². The van der Waals surface area contributed by atoms with Gasteiger partial charge in [0.1, 0.15) is 0 Å². The van der Waals surface area contributed by atoms with Crippen LogP contribution in [0.5, 0.6) is 0 Å². The van der Waals surface area contributed by atoms with Crippen molar-refractivity contribution in [1.82, 2.24) is 9.80 Å². The molecule has 1 rings (SSSR count). The molecule has 1 unspecified atom stereocenters. The zero-order valence-electron chi connectivity index (χ0n) is 11.4. The van der Waals surface area contributed by atoms with Crippen molar-refractivity contribution in [3.8, 4) is 0 Å². The number of nitrogens with zero attached hydrogens (tertiary/aromatic N) is 2. The van der Waals surface area contributed by atoms with E-state index in [2.05, 4.69) is 41.7 Å². The first-order valence-corrected chi connectivity index (χ1v) is 7.41. The number of amides is 1. The molecule has 100 valence electrons. The van der Waals surface area contributed by atoms with Crippen LogP contribution < -0.4 is 0 Å². The third kappa shape index (κ3) is 4.59. The minimum absolute atomic E-state index is 0.0428. The van der Waals surface area contributed by atoms with Gasteiger partial charge in [0, 0.05) is 13.6 Å². The Morgan fingerprint density at radius 1 is 1.41 bits per heavy atom. The van der Waals surface area contributed by atoms with Gasteiger partial charge in [-0.15, -0.1) is 0 Å². The van der Waals surface area contributed by atoms with Gasteiger partial charge in [-0.05, 0) is 44.8 Å². The van der Waals surface area contributed by atoms with E-state index in [-0.39, 0.29) is 10.7 Å². The first-order valence-electron chi connectivity index (χ1n) is 6.49. The summed E-state index contributed by atoms with van der Waals surface area (Å²) >= 11 is 3.48. The molecular formula is C13H25BrN2O. The van der Waals surface area contributed by atoms with Crippen molar-refractivity contribution in [1.29, 1.82) is 0 Å². The summed E-state index contributed by atoms with van der Waals surface area (Å²) < 4.78 is 0. The summed E-state index contributed by atoms with van der Waals surface area (Å²) in [6, 6.07) is 0. The van der Waals surface area contributed by atoms with Gasteiger partial charge in [0.05, 0.1) is 4.83 Å². The van der Waals surface area contributed by atoms with Gasteiger partial charge in [0.15, 0.2) is 0 Å². The fourth-order valence-electron chi connectivity index (χ4n) is 2.22. The second-order valence-electron chi connectivity index (χ2n) is 5.61. The van der Waals surface area contributed by atoms with Gasteiger partial charge in [0.25, 0.3) is 0 Å². The maximum Gasteiger partial charge on any atom is 0.236 e. The van der Waals surface area contributed by atoms with E-state index in [4.69, 9.17) is 0 Å². The van der Waals surface area contributed by atoms with E-state index in [1.54, 1.807) is 0 Å². The molecule has 1 amide bonds. The molecular weight excluding hydrogens is 280 g/mol. The zero-order chi connectivity index (χ0) is 13.0. The molecule has 1 heterocycles. The highest BCUT2D eigenvalue weighted by atomic mass is 79.9. The summed E-state index contributed by atoms with van der Waals surface area (Å²) in [6.45, 7) is 7.37. The molecule has 0 aromatic carbocycles. The third-order valence-corrected chi connectivity index (χ3v) is 5.02. The largest absolute Gasteiger partial charge is 0.345 e. The quantitative estimate of drug-likeness (QED) is 0.744. The standard InChI is InChI=1S/C13H25BrN2O/c1-10(2)12(14)13(17)16(4)9-11-5-7-15(3)8-6-11/h10-12H,5-9H2,1-4H3. The molecule has 0 radical (unpaired) electrons. The van der Waals surface area contributed by atoms with Crippen LogP contribution in [0.4, 0.5) is 0 Å². The fourth-order valence-corrected chi connectivity index (χ4v) is 2.57. The molecule has 0 bridgehead atoms. The van der Waals surface area contributed by atoms with Crippen LogP contribution >= 0.6 is 15.9 Å². The molecule has 0 saturated carbocycles. The van der Waals surface area contributed by atoms with Gasteiger partial charge in [-0.3, -0.25) is 4.79 Å². The number of alkyl halides is 1. The van der Waals surface area contributed by atoms with E-state index in [1.807, 2.05) is 11.9 Å².